The van der Waals surface area contributed by atoms with Gasteiger partial charge in [0.1, 0.15) is 11.6 Å². The van der Waals surface area contributed by atoms with E-state index in [1.807, 2.05) is 18.2 Å². The summed E-state index contributed by atoms with van der Waals surface area (Å²) in [5.41, 5.74) is 3.63. The predicted octanol–water partition coefficient (Wildman–Crippen LogP) is 2.11. The van der Waals surface area contributed by atoms with Crippen molar-refractivity contribution >= 4 is 50.6 Å². The first kappa shape index (κ1) is 25.6. The molecule has 2 unspecified atom stereocenters. The average molecular weight is 644 g/mol. The van der Waals surface area contributed by atoms with Gasteiger partial charge in [0.25, 0.3) is 0 Å². The quantitative estimate of drug-likeness (QED) is 0.193. The van der Waals surface area contributed by atoms with Gasteiger partial charge in [-0.2, -0.15) is 9.97 Å². The van der Waals surface area contributed by atoms with Crippen molar-refractivity contribution < 1.29 is 9.84 Å². The number of aromatic nitrogens is 6. The van der Waals surface area contributed by atoms with E-state index in [0.717, 1.165) is 91.8 Å². The summed E-state index contributed by atoms with van der Waals surface area (Å²) in [5, 5.41) is 10.2. The van der Waals surface area contributed by atoms with Gasteiger partial charge in [-0.25, -0.2) is 9.97 Å². The Morgan fingerprint density at radius 2 is 1.82 bits per heavy atom. The molecular formula is C27H34IN9O2. The largest absolute Gasteiger partial charge is 0.391 e. The highest BCUT2D eigenvalue weighted by Crippen LogP contribution is 2.32. The number of likely N-dealkylation sites (tertiary alicyclic amines) is 2. The molecule has 3 aliphatic heterocycles. The van der Waals surface area contributed by atoms with E-state index in [2.05, 4.69) is 66.5 Å². The van der Waals surface area contributed by atoms with Gasteiger partial charge in [0.05, 0.1) is 40.9 Å². The Labute approximate surface area is 240 Å². The summed E-state index contributed by atoms with van der Waals surface area (Å²) < 4.78 is 10.1. The zero-order valence-corrected chi connectivity index (χ0v) is 24.5. The van der Waals surface area contributed by atoms with Crippen LogP contribution >= 0.6 is 22.6 Å². The number of anilines is 1. The highest BCUT2D eigenvalue weighted by atomic mass is 127. The number of morpholine rings is 1. The number of para-hydroxylation sites is 2. The number of aliphatic hydroxyl groups is 1. The molecule has 0 radical (unpaired) electrons. The molecule has 3 aromatic heterocycles. The van der Waals surface area contributed by atoms with Crippen LogP contribution in [0.5, 0.6) is 0 Å². The van der Waals surface area contributed by atoms with Gasteiger partial charge in [-0.3, -0.25) is 14.4 Å². The van der Waals surface area contributed by atoms with Crippen LogP contribution in [-0.2, 0) is 24.8 Å². The number of ether oxygens (including phenoxy) is 1. The lowest BCUT2D eigenvalue weighted by molar-refractivity contribution is 0.0283. The van der Waals surface area contributed by atoms with Crippen LogP contribution in [0.3, 0.4) is 0 Å². The third-order valence-electron chi connectivity index (χ3n) is 8.33. The molecule has 0 spiro atoms. The Kier molecular flexibility index (Phi) is 6.70. The number of fused-ring (bicyclic) bond motifs is 2. The Hall–Kier alpha value is -2.39. The number of benzene rings is 1. The van der Waals surface area contributed by atoms with Gasteiger partial charge in [0.2, 0.25) is 5.95 Å². The van der Waals surface area contributed by atoms with Crippen molar-refractivity contribution in [2.75, 3.05) is 50.8 Å². The minimum Gasteiger partial charge on any atom is -0.391 e. The molecule has 3 aliphatic rings. The van der Waals surface area contributed by atoms with Crippen LogP contribution in [0.4, 0.5) is 5.82 Å². The third-order valence-corrected chi connectivity index (χ3v) is 9.87. The fourth-order valence-corrected chi connectivity index (χ4v) is 7.18. The second-order valence-electron chi connectivity index (χ2n) is 10.7. The zero-order valence-electron chi connectivity index (χ0n) is 22.4. The normalized spacial score (nSPS) is 23.3. The van der Waals surface area contributed by atoms with E-state index in [1.165, 1.54) is 0 Å². The fourth-order valence-electron chi connectivity index (χ4n) is 6.08. The second kappa shape index (κ2) is 10.2. The standard InChI is InChI=1S/C27H34IN9O2/c1-3-21-29-18-6-4-5-7-19(18)37(21)27-31-25-23(26(32-27)35-10-12-39-13-11-35)30-22(33(25)2)16-34-14-17(15-34)36-9-8-20(38)24(36)28/h4-7,17,20,24,38H,3,8-16H2,1-2H3. The number of nitrogens with zero attached hydrogens (tertiary/aromatic N) is 9. The number of hydrogen-bond acceptors (Lipinski definition) is 9. The molecule has 39 heavy (non-hydrogen) atoms. The topological polar surface area (TPSA) is 101 Å². The first-order chi connectivity index (χ1) is 19.0. The van der Waals surface area contributed by atoms with Gasteiger partial charge in [0, 0.05) is 52.2 Å². The molecule has 2 atom stereocenters. The Bertz CT molecular complexity index is 1510. The third kappa shape index (κ3) is 4.40. The number of hydrogen-bond donors (Lipinski definition) is 1. The number of aliphatic hydroxyl groups excluding tert-OH is 1. The van der Waals surface area contributed by atoms with Crippen molar-refractivity contribution in [2.45, 2.75) is 42.5 Å². The molecule has 0 bridgehead atoms. The molecule has 3 fully saturated rings. The van der Waals surface area contributed by atoms with E-state index in [9.17, 15) is 5.11 Å². The van der Waals surface area contributed by atoms with Gasteiger partial charge in [0.15, 0.2) is 17.0 Å². The molecule has 0 saturated carbocycles. The number of aryl methyl sites for hydroxylation is 2. The first-order valence-corrected chi connectivity index (χ1v) is 15.1. The summed E-state index contributed by atoms with van der Waals surface area (Å²) in [5.74, 6) is 3.43. The summed E-state index contributed by atoms with van der Waals surface area (Å²) in [6, 6.07) is 8.67. The predicted molar refractivity (Wildman–Crippen MR) is 158 cm³/mol. The first-order valence-electron chi connectivity index (χ1n) is 13.8. The molecule has 7 rings (SSSR count). The molecule has 1 aromatic carbocycles. The average Bonchev–Trinajstić information content (AvgIpc) is 3.59. The summed E-state index contributed by atoms with van der Waals surface area (Å²) in [4.78, 5) is 27.4. The number of imidazole rings is 2. The Morgan fingerprint density at radius 3 is 2.56 bits per heavy atom. The Morgan fingerprint density at radius 1 is 1.03 bits per heavy atom. The van der Waals surface area contributed by atoms with Crippen molar-refractivity contribution in [1.82, 2.24) is 38.9 Å². The van der Waals surface area contributed by atoms with Crippen LogP contribution in [0.1, 0.15) is 25.0 Å². The zero-order chi connectivity index (χ0) is 26.7. The fraction of sp³-hybridized carbons (Fsp3) is 0.556. The van der Waals surface area contributed by atoms with Gasteiger partial charge >= 0.3 is 0 Å². The van der Waals surface area contributed by atoms with Crippen molar-refractivity contribution in [3.63, 3.8) is 0 Å². The molecule has 1 N–H and O–H groups in total. The summed E-state index contributed by atoms with van der Waals surface area (Å²) in [7, 11) is 2.06. The van der Waals surface area contributed by atoms with Crippen LogP contribution in [0.25, 0.3) is 28.1 Å². The molecule has 4 aromatic rings. The van der Waals surface area contributed by atoms with Crippen LogP contribution in [-0.4, -0.2) is 106 Å². The van der Waals surface area contributed by atoms with E-state index < -0.39 is 0 Å². The van der Waals surface area contributed by atoms with Crippen LogP contribution < -0.4 is 4.90 Å². The molecule has 11 nitrogen and oxygen atoms in total. The van der Waals surface area contributed by atoms with Gasteiger partial charge in [-0.05, 0) is 18.6 Å². The molecular weight excluding hydrogens is 609 g/mol. The van der Waals surface area contributed by atoms with E-state index in [1.54, 1.807) is 0 Å². The highest BCUT2D eigenvalue weighted by molar-refractivity contribution is 14.1. The molecule has 206 valence electrons. The minimum absolute atomic E-state index is 0.211. The number of rotatable bonds is 6. The second-order valence-corrected chi connectivity index (χ2v) is 12.0. The maximum absolute atomic E-state index is 10.2. The Balaban J connectivity index is 1.25. The lowest BCUT2D eigenvalue weighted by Crippen LogP contribution is -2.59. The summed E-state index contributed by atoms with van der Waals surface area (Å²) in [6.45, 7) is 8.73. The van der Waals surface area contributed by atoms with E-state index in [4.69, 9.17) is 24.7 Å². The van der Waals surface area contributed by atoms with Crippen molar-refractivity contribution in [3.8, 4) is 5.95 Å². The monoisotopic (exact) mass is 643 g/mol. The van der Waals surface area contributed by atoms with E-state index in [0.29, 0.717) is 25.2 Å². The minimum atomic E-state index is -0.216. The maximum atomic E-state index is 10.2. The molecule has 0 amide bonds. The van der Waals surface area contributed by atoms with Crippen LogP contribution in [0.15, 0.2) is 24.3 Å². The number of alkyl halides is 1. The van der Waals surface area contributed by atoms with Crippen molar-refractivity contribution in [2.24, 2.45) is 7.05 Å². The van der Waals surface area contributed by atoms with Crippen LogP contribution in [0.2, 0.25) is 0 Å². The molecule has 6 heterocycles. The van der Waals surface area contributed by atoms with Gasteiger partial charge in [-0.15, -0.1) is 0 Å². The van der Waals surface area contributed by atoms with E-state index in [-0.39, 0.29) is 10.2 Å². The lowest BCUT2D eigenvalue weighted by atomic mass is 10.1. The number of halogens is 1. The maximum Gasteiger partial charge on any atom is 0.239 e. The summed E-state index contributed by atoms with van der Waals surface area (Å²) >= 11 is 2.39. The van der Waals surface area contributed by atoms with Gasteiger partial charge in [-0.1, -0.05) is 41.6 Å². The lowest BCUT2D eigenvalue weighted by Gasteiger charge is -2.45. The molecule has 3 saturated heterocycles. The van der Waals surface area contributed by atoms with Crippen LogP contribution in [0, 0.1) is 0 Å². The van der Waals surface area contributed by atoms with Crippen molar-refractivity contribution in [3.05, 3.63) is 35.9 Å². The van der Waals surface area contributed by atoms with Gasteiger partial charge < -0.3 is 19.3 Å². The summed E-state index contributed by atoms with van der Waals surface area (Å²) in [6.07, 6.45) is 1.43. The van der Waals surface area contributed by atoms with E-state index >= 15 is 0 Å². The highest BCUT2D eigenvalue weighted by Gasteiger charge is 2.41. The molecule has 12 heteroatoms. The SMILES string of the molecule is CCc1nc2ccccc2n1-c1nc(N2CCOCC2)c2nc(CN3CC(N4CCC(O)C4I)C3)n(C)c2n1. The smallest absolute Gasteiger partial charge is 0.239 e. The molecule has 0 aliphatic carbocycles. The van der Waals surface area contributed by atoms with Crippen molar-refractivity contribution in [1.29, 1.82) is 0 Å².